The van der Waals surface area contributed by atoms with Crippen LogP contribution in [0.4, 0.5) is 5.69 Å². The second-order valence-corrected chi connectivity index (χ2v) is 5.54. The fourth-order valence-corrected chi connectivity index (χ4v) is 2.64. The standard InChI is InChI=1S/C13H21ClN2S/c1-10(9-17-4)16(3)12-6-5-11(8-15-2)13(14)7-12/h5-7,10,15H,8-9H2,1-4H3. The van der Waals surface area contributed by atoms with E-state index in [0.29, 0.717) is 6.04 Å². The zero-order chi connectivity index (χ0) is 12.8. The fourth-order valence-electron chi connectivity index (χ4n) is 1.70. The van der Waals surface area contributed by atoms with Crippen LogP contribution in [-0.2, 0) is 6.54 Å². The maximum Gasteiger partial charge on any atom is 0.0471 e. The van der Waals surface area contributed by atoms with Crippen molar-refractivity contribution >= 4 is 29.1 Å². The molecule has 0 radical (unpaired) electrons. The zero-order valence-corrected chi connectivity index (χ0v) is 12.5. The molecular weight excluding hydrogens is 252 g/mol. The average molecular weight is 273 g/mol. The Morgan fingerprint density at radius 3 is 2.71 bits per heavy atom. The molecule has 2 nitrogen and oxygen atoms in total. The van der Waals surface area contributed by atoms with Gasteiger partial charge in [-0.2, -0.15) is 11.8 Å². The first kappa shape index (κ1) is 14.7. The maximum atomic E-state index is 6.26. The minimum absolute atomic E-state index is 0.510. The molecule has 1 N–H and O–H groups in total. The molecule has 0 fully saturated rings. The van der Waals surface area contributed by atoms with Gasteiger partial charge in [-0.15, -0.1) is 0 Å². The summed E-state index contributed by atoms with van der Waals surface area (Å²) in [6, 6.07) is 6.79. The Morgan fingerprint density at radius 1 is 1.47 bits per heavy atom. The van der Waals surface area contributed by atoms with Gasteiger partial charge in [0.15, 0.2) is 0 Å². The van der Waals surface area contributed by atoms with E-state index >= 15 is 0 Å². The van der Waals surface area contributed by atoms with Gasteiger partial charge in [0.25, 0.3) is 0 Å². The topological polar surface area (TPSA) is 15.3 Å². The predicted octanol–water partition coefficient (Wildman–Crippen LogP) is 3.25. The number of benzene rings is 1. The minimum Gasteiger partial charge on any atom is -0.371 e. The van der Waals surface area contributed by atoms with Gasteiger partial charge in [0.05, 0.1) is 0 Å². The van der Waals surface area contributed by atoms with Crippen molar-refractivity contribution < 1.29 is 0 Å². The van der Waals surface area contributed by atoms with Crippen LogP contribution in [0.15, 0.2) is 18.2 Å². The Hall–Kier alpha value is -0.380. The summed E-state index contributed by atoms with van der Waals surface area (Å²) in [6.45, 7) is 3.04. The first-order chi connectivity index (χ1) is 8.10. The van der Waals surface area contributed by atoms with Crippen LogP contribution in [0.25, 0.3) is 0 Å². The van der Waals surface area contributed by atoms with Crippen LogP contribution in [0.3, 0.4) is 0 Å². The van der Waals surface area contributed by atoms with E-state index in [9.17, 15) is 0 Å². The smallest absolute Gasteiger partial charge is 0.0471 e. The molecule has 0 bridgehead atoms. The van der Waals surface area contributed by atoms with Gasteiger partial charge in [0.2, 0.25) is 0 Å². The average Bonchev–Trinajstić information content (AvgIpc) is 2.31. The van der Waals surface area contributed by atoms with Gasteiger partial charge in [-0.3, -0.25) is 0 Å². The van der Waals surface area contributed by atoms with Crippen LogP contribution < -0.4 is 10.2 Å². The molecule has 1 aromatic carbocycles. The van der Waals surface area contributed by atoms with Crippen LogP contribution in [0.1, 0.15) is 12.5 Å². The van der Waals surface area contributed by atoms with Crippen LogP contribution in [-0.4, -0.2) is 32.1 Å². The lowest BCUT2D eigenvalue weighted by molar-refractivity contribution is 0.764. The third kappa shape index (κ3) is 4.09. The molecule has 1 aromatic rings. The number of rotatable bonds is 6. The molecule has 96 valence electrons. The fraction of sp³-hybridized carbons (Fsp3) is 0.538. The van der Waals surface area contributed by atoms with Crippen molar-refractivity contribution in [3.05, 3.63) is 28.8 Å². The van der Waals surface area contributed by atoms with E-state index in [4.69, 9.17) is 11.6 Å². The van der Waals surface area contributed by atoms with Crippen molar-refractivity contribution in [1.82, 2.24) is 5.32 Å². The highest BCUT2D eigenvalue weighted by Crippen LogP contribution is 2.24. The summed E-state index contributed by atoms with van der Waals surface area (Å²) in [4.78, 5) is 2.27. The zero-order valence-electron chi connectivity index (χ0n) is 11.0. The molecule has 0 saturated heterocycles. The van der Waals surface area contributed by atoms with E-state index < -0.39 is 0 Å². The number of nitrogens with zero attached hydrogens (tertiary/aromatic N) is 1. The molecule has 1 rings (SSSR count). The summed E-state index contributed by atoms with van der Waals surface area (Å²) in [6.07, 6.45) is 2.13. The van der Waals surface area contributed by atoms with Crippen molar-refractivity contribution in [2.45, 2.75) is 19.5 Å². The largest absolute Gasteiger partial charge is 0.371 e. The van der Waals surface area contributed by atoms with E-state index in [1.807, 2.05) is 24.9 Å². The number of anilines is 1. The van der Waals surface area contributed by atoms with Gasteiger partial charge in [-0.25, -0.2) is 0 Å². The molecule has 17 heavy (non-hydrogen) atoms. The molecule has 4 heteroatoms. The first-order valence-electron chi connectivity index (χ1n) is 5.75. The molecule has 0 aliphatic carbocycles. The summed E-state index contributed by atoms with van der Waals surface area (Å²) in [5, 5.41) is 3.95. The monoisotopic (exact) mass is 272 g/mol. The van der Waals surface area contributed by atoms with E-state index in [2.05, 4.69) is 42.6 Å². The van der Waals surface area contributed by atoms with Gasteiger partial charge < -0.3 is 10.2 Å². The summed E-state index contributed by atoms with van der Waals surface area (Å²) < 4.78 is 0. The van der Waals surface area contributed by atoms with Gasteiger partial charge >= 0.3 is 0 Å². The van der Waals surface area contributed by atoms with Gasteiger partial charge in [-0.05, 0) is 37.9 Å². The highest BCUT2D eigenvalue weighted by molar-refractivity contribution is 7.98. The number of nitrogens with one attached hydrogen (secondary N) is 1. The molecule has 0 heterocycles. The quantitative estimate of drug-likeness (QED) is 0.856. The number of thioether (sulfide) groups is 1. The second-order valence-electron chi connectivity index (χ2n) is 4.22. The number of hydrogen-bond acceptors (Lipinski definition) is 3. The van der Waals surface area contributed by atoms with E-state index in [0.717, 1.165) is 22.9 Å². The minimum atomic E-state index is 0.510. The third-order valence-corrected chi connectivity index (χ3v) is 4.05. The van der Waals surface area contributed by atoms with Crippen LogP contribution in [0, 0.1) is 0 Å². The summed E-state index contributed by atoms with van der Waals surface area (Å²) in [5.74, 6) is 1.12. The predicted molar refractivity (Wildman–Crippen MR) is 80.5 cm³/mol. The number of hydrogen-bond donors (Lipinski definition) is 1. The highest BCUT2D eigenvalue weighted by atomic mass is 35.5. The normalized spacial score (nSPS) is 12.5. The van der Waals surface area contributed by atoms with Crippen molar-refractivity contribution in [2.75, 3.05) is 31.0 Å². The van der Waals surface area contributed by atoms with Gasteiger partial charge in [0.1, 0.15) is 0 Å². The molecule has 0 spiro atoms. The molecule has 1 unspecified atom stereocenters. The highest BCUT2D eigenvalue weighted by Gasteiger charge is 2.10. The van der Waals surface area contributed by atoms with E-state index in [-0.39, 0.29) is 0 Å². The second kappa shape index (κ2) is 7.14. The molecule has 0 saturated carbocycles. The lowest BCUT2D eigenvalue weighted by atomic mass is 10.2. The van der Waals surface area contributed by atoms with E-state index in [1.54, 1.807) is 0 Å². The van der Waals surface area contributed by atoms with Crippen molar-refractivity contribution in [3.63, 3.8) is 0 Å². The molecular formula is C13H21ClN2S. The summed E-state index contributed by atoms with van der Waals surface area (Å²) in [7, 11) is 4.04. The summed E-state index contributed by atoms with van der Waals surface area (Å²) in [5.41, 5.74) is 2.32. The summed E-state index contributed by atoms with van der Waals surface area (Å²) >= 11 is 8.13. The Kier molecular flexibility index (Phi) is 6.17. The Labute approximate surface area is 114 Å². The molecule has 0 amide bonds. The molecule has 0 aromatic heterocycles. The van der Waals surface area contributed by atoms with Crippen LogP contribution in [0.2, 0.25) is 5.02 Å². The van der Waals surface area contributed by atoms with Crippen molar-refractivity contribution in [1.29, 1.82) is 0 Å². The Morgan fingerprint density at radius 2 is 2.18 bits per heavy atom. The van der Waals surface area contributed by atoms with Crippen LogP contribution >= 0.6 is 23.4 Å². The Bertz CT molecular complexity index is 357. The third-order valence-electron chi connectivity index (χ3n) is 2.88. The molecule has 1 atom stereocenters. The van der Waals surface area contributed by atoms with E-state index in [1.165, 1.54) is 5.69 Å². The maximum absolute atomic E-state index is 6.26. The number of halogens is 1. The molecule has 0 aliphatic heterocycles. The molecule has 0 aliphatic rings. The van der Waals surface area contributed by atoms with Gasteiger partial charge in [0, 0.05) is 36.1 Å². The van der Waals surface area contributed by atoms with Crippen molar-refractivity contribution in [2.24, 2.45) is 0 Å². The van der Waals surface area contributed by atoms with Crippen molar-refractivity contribution in [3.8, 4) is 0 Å². The first-order valence-corrected chi connectivity index (χ1v) is 7.52. The SMILES string of the molecule is CNCc1ccc(N(C)C(C)CSC)cc1Cl. The van der Waals surface area contributed by atoms with Crippen LogP contribution in [0.5, 0.6) is 0 Å². The lowest BCUT2D eigenvalue weighted by Gasteiger charge is -2.27. The lowest BCUT2D eigenvalue weighted by Crippen LogP contribution is -2.30. The Balaban J connectivity index is 2.81. The van der Waals surface area contributed by atoms with Gasteiger partial charge in [-0.1, -0.05) is 17.7 Å².